The first-order valence-corrected chi connectivity index (χ1v) is 17.3. The molecule has 2 aromatic carbocycles. The Labute approximate surface area is 289 Å². The molecule has 0 spiro atoms. The summed E-state index contributed by atoms with van der Waals surface area (Å²) in [5.74, 6) is 2.30. The van der Waals surface area contributed by atoms with Crippen LogP contribution in [0.25, 0.3) is 0 Å². The van der Waals surface area contributed by atoms with Crippen molar-refractivity contribution < 1.29 is 37.7 Å². The fourth-order valence-corrected chi connectivity index (χ4v) is 6.31. The SMILES string of the molecule is COc1cc(CC(=O)N[C@@H]2CN(C(=O)OC(C)(C)C)C[C@@H]2F)ccc1CN1C(=O)N(c2ccc(OC)c(OCCCC3CC3)c2)CC[C@@H]1C. The van der Waals surface area contributed by atoms with Gasteiger partial charge >= 0.3 is 12.1 Å². The molecule has 2 heterocycles. The Bertz CT molecular complexity index is 1490. The van der Waals surface area contributed by atoms with E-state index in [0.29, 0.717) is 42.5 Å². The molecule has 4 amide bonds. The van der Waals surface area contributed by atoms with Gasteiger partial charge in [-0.1, -0.05) is 25.0 Å². The van der Waals surface area contributed by atoms with E-state index >= 15 is 0 Å². The number of nitrogens with one attached hydrogen (secondary N) is 1. The summed E-state index contributed by atoms with van der Waals surface area (Å²) in [5.41, 5.74) is 1.53. The summed E-state index contributed by atoms with van der Waals surface area (Å²) in [4.78, 5) is 44.1. The van der Waals surface area contributed by atoms with Crippen LogP contribution in [0, 0.1) is 5.92 Å². The van der Waals surface area contributed by atoms with Gasteiger partial charge in [0.25, 0.3) is 0 Å². The molecule has 2 aliphatic heterocycles. The molecule has 3 aliphatic rings. The maximum atomic E-state index is 14.7. The number of amides is 4. The van der Waals surface area contributed by atoms with Gasteiger partial charge in [-0.2, -0.15) is 0 Å². The lowest BCUT2D eigenvalue weighted by molar-refractivity contribution is -0.121. The molecule has 1 N–H and O–H groups in total. The number of rotatable bonds is 13. The third-order valence-corrected chi connectivity index (χ3v) is 9.25. The van der Waals surface area contributed by atoms with Crippen LogP contribution in [-0.4, -0.2) is 92.1 Å². The molecule has 3 atom stereocenters. The predicted molar refractivity (Wildman–Crippen MR) is 184 cm³/mol. The third-order valence-electron chi connectivity index (χ3n) is 9.25. The van der Waals surface area contributed by atoms with Crippen molar-refractivity contribution >= 4 is 23.7 Å². The summed E-state index contributed by atoms with van der Waals surface area (Å²) in [6, 6.07) is 10.1. The van der Waals surface area contributed by atoms with E-state index in [1.807, 2.05) is 42.2 Å². The third kappa shape index (κ3) is 9.48. The van der Waals surface area contributed by atoms with Crippen LogP contribution in [0.3, 0.4) is 0 Å². The van der Waals surface area contributed by atoms with Crippen LogP contribution >= 0.6 is 0 Å². The normalized spacial score (nSPS) is 21.1. The Morgan fingerprint density at radius 3 is 2.43 bits per heavy atom. The number of anilines is 1. The van der Waals surface area contributed by atoms with Gasteiger partial charge in [0.15, 0.2) is 11.5 Å². The minimum absolute atomic E-state index is 0.00157. The van der Waals surface area contributed by atoms with Crippen molar-refractivity contribution in [1.82, 2.24) is 15.1 Å². The number of hydrogen-bond donors (Lipinski definition) is 1. The minimum Gasteiger partial charge on any atom is -0.496 e. The van der Waals surface area contributed by atoms with Gasteiger partial charge < -0.3 is 34.1 Å². The molecule has 0 bridgehead atoms. The van der Waals surface area contributed by atoms with E-state index in [4.69, 9.17) is 18.9 Å². The van der Waals surface area contributed by atoms with Gasteiger partial charge in [0.05, 0.1) is 46.4 Å². The van der Waals surface area contributed by atoms with Crippen LogP contribution < -0.4 is 24.4 Å². The van der Waals surface area contributed by atoms with Crippen LogP contribution in [0.4, 0.5) is 19.7 Å². The van der Waals surface area contributed by atoms with Crippen molar-refractivity contribution in [3.63, 3.8) is 0 Å². The number of carbonyl (C=O) groups excluding carboxylic acids is 3. The van der Waals surface area contributed by atoms with Crippen LogP contribution in [0.2, 0.25) is 0 Å². The van der Waals surface area contributed by atoms with Crippen LogP contribution in [-0.2, 0) is 22.5 Å². The molecule has 12 heteroatoms. The molecular formula is C37H51FN4O7. The first kappa shape index (κ1) is 36.1. The Hall–Kier alpha value is -4.22. The number of methoxy groups -OCH3 is 2. The van der Waals surface area contributed by atoms with Gasteiger partial charge in [0.2, 0.25) is 5.91 Å². The molecular weight excluding hydrogens is 631 g/mol. The zero-order valence-electron chi connectivity index (χ0n) is 29.6. The monoisotopic (exact) mass is 682 g/mol. The Morgan fingerprint density at radius 1 is 0.980 bits per heavy atom. The Morgan fingerprint density at radius 2 is 1.73 bits per heavy atom. The van der Waals surface area contributed by atoms with Gasteiger partial charge in [0, 0.05) is 36.4 Å². The van der Waals surface area contributed by atoms with Gasteiger partial charge in [-0.15, -0.1) is 0 Å². The second kappa shape index (κ2) is 15.6. The smallest absolute Gasteiger partial charge is 0.410 e. The zero-order valence-corrected chi connectivity index (χ0v) is 29.6. The Kier molecular flexibility index (Phi) is 11.4. The summed E-state index contributed by atoms with van der Waals surface area (Å²) in [6.07, 6.45) is 3.58. The highest BCUT2D eigenvalue weighted by atomic mass is 19.1. The second-order valence-electron chi connectivity index (χ2n) is 14.4. The van der Waals surface area contributed by atoms with Crippen molar-refractivity contribution in [2.45, 2.75) is 96.6 Å². The summed E-state index contributed by atoms with van der Waals surface area (Å²) < 4.78 is 37.4. The number of urea groups is 1. The maximum Gasteiger partial charge on any atom is 0.410 e. The number of likely N-dealkylation sites (tertiary alicyclic amines) is 1. The molecule has 0 aromatic heterocycles. The van der Waals surface area contributed by atoms with E-state index in [1.54, 1.807) is 46.0 Å². The van der Waals surface area contributed by atoms with E-state index in [0.717, 1.165) is 30.0 Å². The fraction of sp³-hybridized carbons (Fsp3) is 0.595. The van der Waals surface area contributed by atoms with E-state index in [9.17, 15) is 18.8 Å². The molecule has 268 valence electrons. The van der Waals surface area contributed by atoms with Crippen molar-refractivity contribution in [2.24, 2.45) is 5.92 Å². The minimum atomic E-state index is -1.40. The first-order chi connectivity index (χ1) is 23.3. The molecule has 2 aromatic rings. The molecule has 0 radical (unpaired) electrons. The molecule has 11 nitrogen and oxygen atoms in total. The van der Waals surface area contributed by atoms with E-state index in [-0.39, 0.29) is 37.5 Å². The number of nitrogens with zero attached hydrogens (tertiary/aromatic N) is 3. The van der Waals surface area contributed by atoms with Gasteiger partial charge in [0.1, 0.15) is 17.5 Å². The second-order valence-corrected chi connectivity index (χ2v) is 14.4. The van der Waals surface area contributed by atoms with E-state index in [1.165, 1.54) is 24.2 Å². The Balaban J connectivity index is 1.20. The molecule has 49 heavy (non-hydrogen) atoms. The number of alkyl halides is 1. The number of halogens is 1. The summed E-state index contributed by atoms with van der Waals surface area (Å²) in [7, 11) is 3.17. The highest BCUT2D eigenvalue weighted by Crippen LogP contribution is 2.36. The summed E-state index contributed by atoms with van der Waals surface area (Å²) in [5, 5.41) is 2.73. The average molecular weight is 683 g/mol. The van der Waals surface area contributed by atoms with Gasteiger partial charge in [-0.25, -0.2) is 14.0 Å². The number of carbonyl (C=O) groups is 3. The highest BCUT2D eigenvalue weighted by Gasteiger charge is 2.38. The lowest BCUT2D eigenvalue weighted by atomic mass is 10.0. The molecule has 2 saturated heterocycles. The van der Waals surface area contributed by atoms with Crippen LogP contribution in [0.1, 0.15) is 70.9 Å². The number of ether oxygens (including phenoxy) is 4. The van der Waals surface area contributed by atoms with Crippen molar-refractivity contribution in [1.29, 1.82) is 0 Å². The summed E-state index contributed by atoms with van der Waals surface area (Å²) in [6.45, 7) is 8.68. The zero-order chi connectivity index (χ0) is 35.3. The van der Waals surface area contributed by atoms with Crippen LogP contribution in [0.5, 0.6) is 17.2 Å². The largest absolute Gasteiger partial charge is 0.496 e. The number of benzene rings is 2. The van der Waals surface area contributed by atoms with Crippen LogP contribution in [0.15, 0.2) is 36.4 Å². The van der Waals surface area contributed by atoms with E-state index in [2.05, 4.69) is 5.32 Å². The fourth-order valence-electron chi connectivity index (χ4n) is 6.31. The maximum absolute atomic E-state index is 14.7. The first-order valence-electron chi connectivity index (χ1n) is 17.3. The lowest BCUT2D eigenvalue weighted by Crippen LogP contribution is -2.53. The highest BCUT2D eigenvalue weighted by molar-refractivity contribution is 5.93. The number of hydrogen-bond acceptors (Lipinski definition) is 7. The average Bonchev–Trinajstić information content (AvgIpc) is 3.81. The molecule has 5 rings (SSSR count). The quantitative estimate of drug-likeness (QED) is 0.254. The van der Waals surface area contributed by atoms with Crippen molar-refractivity contribution in [2.75, 3.05) is 45.4 Å². The molecule has 1 saturated carbocycles. The van der Waals surface area contributed by atoms with Crippen molar-refractivity contribution in [3.8, 4) is 17.2 Å². The molecule has 3 fully saturated rings. The topological polar surface area (TPSA) is 110 Å². The van der Waals surface area contributed by atoms with E-state index < -0.39 is 23.9 Å². The van der Waals surface area contributed by atoms with Crippen molar-refractivity contribution in [3.05, 3.63) is 47.5 Å². The summed E-state index contributed by atoms with van der Waals surface area (Å²) >= 11 is 0. The predicted octanol–water partition coefficient (Wildman–Crippen LogP) is 6.11. The van der Waals surface area contributed by atoms with Gasteiger partial charge in [-0.3, -0.25) is 9.69 Å². The van der Waals surface area contributed by atoms with Gasteiger partial charge in [-0.05, 0) is 76.6 Å². The molecule has 0 unspecified atom stereocenters. The standard InChI is InChI=1S/C37H51FN4O7/c1-24-15-16-41(28-13-14-31(46-5)33(20-28)48-17-7-8-25-9-10-25)35(44)42(24)21-27-12-11-26(18-32(27)47-6)19-34(43)39-30-23-40(22-29(30)38)36(45)49-37(2,3)4/h11-14,18,20,24-25,29-30H,7-10,15-17,19,21-23H2,1-6H3,(H,39,43)/t24-,29-,30+/m0/s1. The lowest BCUT2D eigenvalue weighted by Gasteiger charge is -2.40. The molecule has 1 aliphatic carbocycles.